The molecule has 6 nitrogen and oxygen atoms in total. The van der Waals surface area contributed by atoms with Crippen molar-refractivity contribution in [3.05, 3.63) is 64.0 Å². The van der Waals surface area contributed by atoms with Crippen LogP contribution < -0.4 is 10.1 Å². The number of hydrogen-bond donors (Lipinski definition) is 1. The molecule has 1 aromatic heterocycles. The SMILES string of the molecule is COc1c(Cl)ccc(Cl)c1C(=O)NCc1nc(-c2ccccc2)no1. The van der Waals surface area contributed by atoms with Crippen LogP contribution in [0.4, 0.5) is 0 Å². The van der Waals surface area contributed by atoms with Crippen LogP contribution in [0.25, 0.3) is 11.4 Å². The summed E-state index contributed by atoms with van der Waals surface area (Å²) in [7, 11) is 1.42. The first-order chi connectivity index (χ1) is 12.1. The lowest BCUT2D eigenvalue weighted by Gasteiger charge is -2.11. The second-order valence-corrected chi connectivity index (χ2v) is 5.81. The molecule has 1 amide bonds. The number of nitrogens with zero attached hydrogens (tertiary/aromatic N) is 2. The number of ether oxygens (including phenoxy) is 1. The number of amides is 1. The van der Waals surface area contributed by atoms with Crippen molar-refractivity contribution in [1.29, 1.82) is 0 Å². The molecule has 0 fully saturated rings. The van der Waals surface area contributed by atoms with Crippen LogP contribution in [-0.4, -0.2) is 23.2 Å². The molecule has 0 unspecified atom stereocenters. The molecule has 1 N–H and O–H groups in total. The molecule has 0 spiro atoms. The van der Waals surface area contributed by atoms with Crippen LogP contribution in [0, 0.1) is 0 Å². The first kappa shape index (κ1) is 17.3. The van der Waals surface area contributed by atoms with Crippen LogP contribution in [0.3, 0.4) is 0 Å². The smallest absolute Gasteiger partial charge is 0.257 e. The average Bonchev–Trinajstić information content (AvgIpc) is 3.11. The summed E-state index contributed by atoms with van der Waals surface area (Å²) in [5.41, 5.74) is 0.975. The molecule has 2 aromatic carbocycles. The Morgan fingerprint density at radius 3 is 2.60 bits per heavy atom. The van der Waals surface area contributed by atoms with Crippen molar-refractivity contribution in [3.8, 4) is 17.1 Å². The Kier molecular flexibility index (Phi) is 5.21. The van der Waals surface area contributed by atoms with E-state index in [9.17, 15) is 4.79 Å². The van der Waals surface area contributed by atoms with E-state index in [1.807, 2.05) is 30.3 Å². The lowest BCUT2D eigenvalue weighted by atomic mass is 10.2. The van der Waals surface area contributed by atoms with Crippen LogP contribution in [0.5, 0.6) is 5.75 Å². The van der Waals surface area contributed by atoms with E-state index < -0.39 is 5.91 Å². The highest BCUT2D eigenvalue weighted by Crippen LogP contribution is 2.33. The summed E-state index contributed by atoms with van der Waals surface area (Å²) in [5, 5.41) is 7.08. The molecule has 0 atom stereocenters. The maximum Gasteiger partial charge on any atom is 0.257 e. The zero-order valence-electron chi connectivity index (χ0n) is 13.1. The van der Waals surface area contributed by atoms with Gasteiger partial charge < -0.3 is 14.6 Å². The maximum atomic E-state index is 12.4. The minimum atomic E-state index is -0.455. The average molecular weight is 378 g/mol. The molecule has 0 aliphatic carbocycles. The van der Waals surface area contributed by atoms with E-state index in [1.165, 1.54) is 13.2 Å². The van der Waals surface area contributed by atoms with Crippen LogP contribution in [0.2, 0.25) is 10.0 Å². The monoisotopic (exact) mass is 377 g/mol. The Labute approximate surface area is 153 Å². The third kappa shape index (κ3) is 3.75. The summed E-state index contributed by atoms with van der Waals surface area (Å²) in [6.07, 6.45) is 0. The van der Waals surface area contributed by atoms with Crippen molar-refractivity contribution < 1.29 is 14.1 Å². The zero-order valence-corrected chi connectivity index (χ0v) is 14.6. The van der Waals surface area contributed by atoms with E-state index in [1.54, 1.807) is 6.07 Å². The lowest BCUT2D eigenvalue weighted by Crippen LogP contribution is -2.24. The van der Waals surface area contributed by atoms with Crippen molar-refractivity contribution in [1.82, 2.24) is 15.5 Å². The lowest BCUT2D eigenvalue weighted by molar-refractivity contribution is 0.0943. The van der Waals surface area contributed by atoms with Crippen molar-refractivity contribution in [3.63, 3.8) is 0 Å². The first-order valence-corrected chi connectivity index (χ1v) is 8.04. The number of methoxy groups -OCH3 is 1. The van der Waals surface area contributed by atoms with E-state index in [0.29, 0.717) is 10.8 Å². The molecule has 128 valence electrons. The summed E-state index contributed by atoms with van der Waals surface area (Å²) >= 11 is 12.1. The Balaban J connectivity index is 1.74. The quantitative estimate of drug-likeness (QED) is 0.727. The van der Waals surface area contributed by atoms with Crippen LogP contribution in [0.15, 0.2) is 47.0 Å². The van der Waals surface area contributed by atoms with Crippen molar-refractivity contribution in [2.24, 2.45) is 0 Å². The Bertz CT molecular complexity index is 897. The second kappa shape index (κ2) is 7.55. The molecule has 0 radical (unpaired) electrons. The molecule has 0 saturated heterocycles. The molecular formula is C17H13Cl2N3O3. The number of nitrogens with one attached hydrogen (secondary N) is 1. The van der Waals surface area contributed by atoms with Gasteiger partial charge in [-0.2, -0.15) is 4.98 Å². The van der Waals surface area contributed by atoms with Gasteiger partial charge in [0.2, 0.25) is 11.7 Å². The van der Waals surface area contributed by atoms with Gasteiger partial charge in [0, 0.05) is 5.56 Å². The molecule has 0 bridgehead atoms. The fourth-order valence-electron chi connectivity index (χ4n) is 2.22. The minimum absolute atomic E-state index is 0.0463. The molecule has 3 rings (SSSR count). The molecule has 8 heteroatoms. The van der Waals surface area contributed by atoms with Crippen LogP contribution in [-0.2, 0) is 6.54 Å². The predicted octanol–water partition coefficient (Wildman–Crippen LogP) is 3.98. The number of rotatable bonds is 5. The third-order valence-corrected chi connectivity index (χ3v) is 4.00. The zero-order chi connectivity index (χ0) is 17.8. The second-order valence-electron chi connectivity index (χ2n) is 5.00. The van der Waals surface area contributed by atoms with Crippen molar-refractivity contribution >= 4 is 29.1 Å². The van der Waals surface area contributed by atoms with E-state index in [-0.39, 0.29) is 28.8 Å². The van der Waals surface area contributed by atoms with Gasteiger partial charge in [0.1, 0.15) is 5.56 Å². The number of halogens is 2. The van der Waals surface area contributed by atoms with Crippen molar-refractivity contribution in [2.75, 3.05) is 7.11 Å². The number of aromatic nitrogens is 2. The molecular weight excluding hydrogens is 365 g/mol. The summed E-state index contributed by atoms with van der Waals surface area (Å²) in [6, 6.07) is 12.5. The highest BCUT2D eigenvalue weighted by Gasteiger charge is 2.20. The highest BCUT2D eigenvalue weighted by atomic mass is 35.5. The number of carbonyl (C=O) groups is 1. The number of carbonyl (C=O) groups excluding carboxylic acids is 1. The number of benzene rings is 2. The van der Waals surface area contributed by atoms with Gasteiger partial charge in [-0.3, -0.25) is 4.79 Å². The van der Waals surface area contributed by atoms with Gasteiger partial charge in [-0.1, -0.05) is 58.7 Å². The van der Waals surface area contributed by atoms with Crippen LogP contribution in [0.1, 0.15) is 16.2 Å². The molecule has 25 heavy (non-hydrogen) atoms. The van der Waals surface area contributed by atoms with E-state index in [4.69, 9.17) is 32.5 Å². The normalized spacial score (nSPS) is 10.5. The summed E-state index contributed by atoms with van der Waals surface area (Å²) in [6.45, 7) is 0.0463. The van der Waals surface area contributed by atoms with E-state index >= 15 is 0 Å². The van der Waals surface area contributed by atoms with Gasteiger partial charge in [-0.15, -0.1) is 0 Å². The van der Waals surface area contributed by atoms with Crippen LogP contribution >= 0.6 is 23.2 Å². The fraction of sp³-hybridized carbons (Fsp3) is 0.118. The number of hydrogen-bond acceptors (Lipinski definition) is 5. The predicted molar refractivity (Wildman–Crippen MR) is 93.9 cm³/mol. The fourth-order valence-corrected chi connectivity index (χ4v) is 2.69. The summed E-state index contributed by atoms with van der Waals surface area (Å²) < 4.78 is 10.3. The van der Waals surface area contributed by atoms with Gasteiger partial charge in [0.05, 0.1) is 23.7 Å². The summed E-state index contributed by atoms with van der Waals surface area (Å²) in [4.78, 5) is 16.7. The summed E-state index contributed by atoms with van der Waals surface area (Å²) in [5.74, 6) is 0.471. The molecule has 0 aliphatic rings. The maximum absolute atomic E-state index is 12.4. The van der Waals surface area contributed by atoms with Gasteiger partial charge in [-0.25, -0.2) is 0 Å². The Morgan fingerprint density at radius 2 is 1.88 bits per heavy atom. The van der Waals surface area contributed by atoms with Gasteiger partial charge in [-0.05, 0) is 12.1 Å². The standard InChI is InChI=1S/C17H13Cl2N3O3/c1-24-15-12(19)8-7-11(18)14(15)17(23)20-9-13-21-16(22-25-13)10-5-3-2-4-6-10/h2-8H,9H2,1H3,(H,20,23). The van der Waals surface area contributed by atoms with Gasteiger partial charge in [0.25, 0.3) is 5.91 Å². The first-order valence-electron chi connectivity index (χ1n) is 7.28. The van der Waals surface area contributed by atoms with Gasteiger partial charge >= 0.3 is 0 Å². The largest absolute Gasteiger partial charge is 0.494 e. The van der Waals surface area contributed by atoms with Crippen molar-refractivity contribution in [2.45, 2.75) is 6.54 Å². The Hall–Kier alpha value is -2.57. The topological polar surface area (TPSA) is 77.2 Å². The van der Waals surface area contributed by atoms with E-state index in [2.05, 4.69) is 15.5 Å². The van der Waals surface area contributed by atoms with Gasteiger partial charge in [0.15, 0.2) is 5.75 Å². The minimum Gasteiger partial charge on any atom is -0.494 e. The molecule has 0 saturated carbocycles. The highest BCUT2D eigenvalue weighted by molar-refractivity contribution is 6.37. The molecule has 3 aromatic rings. The third-order valence-electron chi connectivity index (χ3n) is 3.39. The van der Waals surface area contributed by atoms with E-state index in [0.717, 1.165) is 5.56 Å². The molecule has 1 heterocycles. The molecule has 0 aliphatic heterocycles. The Morgan fingerprint density at radius 1 is 1.16 bits per heavy atom.